The zero-order chi connectivity index (χ0) is 38.8. The normalized spacial score (nSPS) is 12.8. The minimum absolute atomic E-state index is 0.759. The molecule has 0 aromatic heterocycles. The van der Waals surface area contributed by atoms with Gasteiger partial charge in [-0.2, -0.15) is 0 Å². The Hall–Kier alpha value is -6.12. The topological polar surface area (TPSA) is 6.48 Å². The summed E-state index contributed by atoms with van der Waals surface area (Å²) < 4.78 is 0. The van der Waals surface area contributed by atoms with E-state index in [0.717, 1.165) is 13.1 Å². The molecule has 0 aliphatic carbocycles. The Bertz CT molecular complexity index is 2620. The number of aryl methyl sites for hydroxylation is 6. The van der Waals surface area contributed by atoms with Crippen molar-refractivity contribution in [1.82, 2.24) is 0 Å². The van der Waals surface area contributed by atoms with E-state index in [1.165, 1.54) is 122 Å². The van der Waals surface area contributed by atoms with Gasteiger partial charge in [-0.1, -0.05) is 96.1 Å². The Morgan fingerprint density at radius 1 is 0.357 bits per heavy atom. The predicted molar refractivity (Wildman–Crippen MR) is 242 cm³/mol. The van der Waals surface area contributed by atoms with Crippen molar-refractivity contribution < 1.29 is 0 Å². The van der Waals surface area contributed by atoms with Gasteiger partial charge in [0.25, 0.3) is 0 Å². The first kappa shape index (κ1) is 35.6. The van der Waals surface area contributed by atoms with E-state index in [2.05, 4.69) is 199 Å². The summed E-state index contributed by atoms with van der Waals surface area (Å²) in [4.78, 5) is 4.94. The molecule has 8 aromatic rings. The van der Waals surface area contributed by atoms with Gasteiger partial charge in [0.1, 0.15) is 0 Å². The maximum atomic E-state index is 2.47. The summed E-state index contributed by atoms with van der Waals surface area (Å²) in [5, 5.41) is 5.05. The lowest BCUT2D eigenvalue weighted by atomic mass is 9.87. The monoisotopic (exact) mass is 726 g/mol. The summed E-state index contributed by atoms with van der Waals surface area (Å²) in [5.74, 6) is 0. The molecule has 2 nitrogen and oxygen atoms in total. The maximum absolute atomic E-state index is 2.47. The van der Waals surface area contributed by atoms with Gasteiger partial charge in [0.05, 0.1) is 0 Å². The number of benzene rings is 8. The Kier molecular flexibility index (Phi) is 8.81. The van der Waals surface area contributed by atoms with Crippen LogP contribution in [0.3, 0.4) is 0 Å². The number of hydrogen-bond donors (Lipinski definition) is 0. The van der Waals surface area contributed by atoms with Crippen molar-refractivity contribution in [3.8, 4) is 44.5 Å². The van der Waals surface area contributed by atoms with Crippen LogP contribution in [-0.2, 0) is 13.1 Å². The van der Waals surface area contributed by atoms with Crippen molar-refractivity contribution in [3.63, 3.8) is 0 Å². The number of anilines is 2. The molecule has 56 heavy (non-hydrogen) atoms. The second-order valence-electron chi connectivity index (χ2n) is 16.5. The Labute approximate surface area is 332 Å². The van der Waals surface area contributed by atoms with Crippen LogP contribution in [-0.4, -0.2) is 14.1 Å². The molecule has 0 N–H and O–H groups in total. The van der Waals surface area contributed by atoms with Gasteiger partial charge in [-0.05, 0) is 178 Å². The first-order chi connectivity index (χ1) is 27.0. The molecular weight excluding hydrogens is 677 g/mol. The molecule has 0 amide bonds. The fourth-order valence-electron chi connectivity index (χ4n) is 9.90. The van der Waals surface area contributed by atoms with E-state index < -0.39 is 0 Å². The number of nitrogens with zero attached hydrogens (tertiary/aromatic N) is 2. The molecule has 1 aliphatic rings. The summed E-state index contributed by atoms with van der Waals surface area (Å²) in [6.07, 6.45) is 0. The molecular formula is C54H50N2. The molecule has 1 heterocycles. The highest BCUT2D eigenvalue weighted by atomic mass is 15.1. The minimum atomic E-state index is 0.759. The Balaban J connectivity index is 1.36. The van der Waals surface area contributed by atoms with E-state index in [9.17, 15) is 0 Å². The third-order valence-electron chi connectivity index (χ3n) is 12.0. The largest absolute Gasteiger partial charge is 0.370 e. The van der Waals surface area contributed by atoms with Gasteiger partial charge in [-0.25, -0.2) is 0 Å². The van der Waals surface area contributed by atoms with Crippen LogP contribution in [0.25, 0.3) is 66.1 Å². The Morgan fingerprint density at radius 2 is 0.696 bits per heavy atom. The van der Waals surface area contributed by atoms with Gasteiger partial charge in [-0.15, -0.1) is 0 Å². The van der Waals surface area contributed by atoms with Crippen LogP contribution in [0, 0.1) is 41.5 Å². The van der Waals surface area contributed by atoms with Crippen LogP contribution in [0.15, 0.2) is 133 Å². The van der Waals surface area contributed by atoms with Gasteiger partial charge < -0.3 is 9.80 Å². The van der Waals surface area contributed by atoms with Crippen molar-refractivity contribution >= 4 is 32.9 Å². The molecule has 0 unspecified atom stereocenters. The first-order valence-corrected chi connectivity index (χ1v) is 19.9. The average molecular weight is 727 g/mol. The highest BCUT2D eigenvalue weighted by Gasteiger charge is 2.22. The molecule has 0 radical (unpaired) electrons. The van der Waals surface area contributed by atoms with Crippen LogP contribution in [0.5, 0.6) is 0 Å². The van der Waals surface area contributed by atoms with Gasteiger partial charge >= 0.3 is 0 Å². The molecule has 9 rings (SSSR count). The number of fused-ring (bicyclic) bond motifs is 12. The molecule has 2 heteroatoms. The molecule has 4 bridgehead atoms. The maximum Gasteiger partial charge on any atom is 0.0452 e. The zero-order valence-corrected chi connectivity index (χ0v) is 34.0. The van der Waals surface area contributed by atoms with E-state index in [-0.39, 0.29) is 0 Å². The predicted octanol–water partition coefficient (Wildman–Crippen LogP) is 14.1. The number of hydrogen-bond acceptors (Lipinski definition) is 2. The van der Waals surface area contributed by atoms with Crippen LogP contribution in [0.1, 0.15) is 44.5 Å². The third-order valence-corrected chi connectivity index (χ3v) is 12.0. The van der Waals surface area contributed by atoms with Crippen LogP contribution < -0.4 is 9.80 Å². The lowest BCUT2D eigenvalue weighted by Gasteiger charge is -2.28. The molecule has 0 saturated heterocycles. The van der Waals surface area contributed by atoms with Crippen LogP contribution in [0.2, 0.25) is 0 Å². The molecule has 8 aromatic carbocycles. The lowest BCUT2D eigenvalue weighted by Crippen LogP contribution is -2.19. The second kappa shape index (κ2) is 13.9. The summed E-state index contributed by atoms with van der Waals surface area (Å²) >= 11 is 0. The second-order valence-corrected chi connectivity index (χ2v) is 16.5. The Morgan fingerprint density at radius 3 is 1.07 bits per heavy atom. The molecule has 0 atom stereocenters. The zero-order valence-electron chi connectivity index (χ0n) is 34.0. The standard InChI is InChI=1S/C54H50N2/c1-33-21-35(3)51(36(4)22-33)43-25-39-27-45(29-43)53-47-15-11-9-13-41(47)17-19-49(53)56(8)32-40-26-44(52-37(5)23-34(2)24-38(52)6)30-46(28-40)54-48-16-12-10-14-42(48)18-20-50(54)55(7)31-39/h9-30H,31-32H2,1-8H3. The van der Waals surface area contributed by atoms with Crippen molar-refractivity contribution in [3.05, 3.63) is 178 Å². The van der Waals surface area contributed by atoms with Crippen molar-refractivity contribution in [2.75, 3.05) is 23.9 Å². The van der Waals surface area contributed by atoms with E-state index in [0.29, 0.717) is 0 Å². The van der Waals surface area contributed by atoms with E-state index in [1.54, 1.807) is 0 Å². The van der Waals surface area contributed by atoms with Crippen molar-refractivity contribution in [1.29, 1.82) is 0 Å². The molecule has 0 spiro atoms. The highest BCUT2D eigenvalue weighted by molar-refractivity contribution is 6.05. The third kappa shape index (κ3) is 6.24. The van der Waals surface area contributed by atoms with Crippen LogP contribution in [0.4, 0.5) is 11.4 Å². The molecule has 276 valence electrons. The summed E-state index contributed by atoms with van der Waals surface area (Å²) in [5.41, 5.74) is 23.2. The molecule has 0 fully saturated rings. The lowest BCUT2D eigenvalue weighted by molar-refractivity contribution is 0.919. The van der Waals surface area contributed by atoms with Crippen molar-refractivity contribution in [2.45, 2.75) is 54.6 Å². The fourth-order valence-corrected chi connectivity index (χ4v) is 9.90. The molecule has 0 saturated carbocycles. The van der Waals surface area contributed by atoms with Gasteiger partial charge in [0, 0.05) is 49.7 Å². The van der Waals surface area contributed by atoms with Gasteiger partial charge in [0.15, 0.2) is 0 Å². The van der Waals surface area contributed by atoms with Crippen molar-refractivity contribution in [2.24, 2.45) is 0 Å². The fraction of sp³-hybridized carbons (Fsp3) is 0.185. The van der Waals surface area contributed by atoms with E-state index in [1.807, 2.05) is 0 Å². The average Bonchev–Trinajstić information content (AvgIpc) is 3.15. The van der Waals surface area contributed by atoms with E-state index in [4.69, 9.17) is 0 Å². The summed E-state index contributed by atoms with van der Waals surface area (Å²) in [6, 6.07) is 51.0. The SMILES string of the molecule is Cc1cc(C)c(-c2cc3cc(c2)-c2c(ccc4ccccc24)N(C)Cc2cc(-c4c(C)cc(C)cc4C)cc(c2)-c2c(ccc4ccccc24)N(C)C3)c(C)c1. The van der Waals surface area contributed by atoms with Crippen LogP contribution >= 0.6 is 0 Å². The summed E-state index contributed by atoms with van der Waals surface area (Å²) in [6.45, 7) is 15.0. The first-order valence-electron chi connectivity index (χ1n) is 19.9. The van der Waals surface area contributed by atoms with E-state index >= 15 is 0 Å². The van der Waals surface area contributed by atoms with Gasteiger partial charge in [-0.3, -0.25) is 0 Å². The van der Waals surface area contributed by atoms with Gasteiger partial charge in [0.2, 0.25) is 0 Å². The number of rotatable bonds is 2. The minimum Gasteiger partial charge on any atom is -0.370 e. The quantitative estimate of drug-likeness (QED) is 0.175. The smallest absolute Gasteiger partial charge is 0.0452 e. The molecule has 1 aliphatic heterocycles. The summed E-state index contributed by atoms with van der Waals surface area (Å²) in [7, 11) is 4.54. The highest BCUT2D eigenvalue weighted by Crippen LogP contribution is 2.44.